The van der Waals surface area contributed by atoms with Crippen molar-refractivity contribution in [3.8, 4) is 0 Å². The third-order valence-corrected chi connectivity index (χ3v) is 2.99. The molecule has 0 aliphatic rings. The molecule has 100 valence electrons. The molecular weight excluding hydrogens is 236 g/mol. The van der Waals surface area contributed by atoms with Gasteiger partial charge in [-0.15, -0.1) is 0 Å². The second kappa shape index (κ2) is 5.69. The lowest BCUT2D eigenvalue weighted by Gasteiger charge is -2.11. The molecule has 1 aromatic heterocycles. The van der Waals surface area contributed by atoms with Crippen LogP contribution in [-0.2, 0) is 6.42 Å². The lowest BCUT2D eigenvalue weighted by atomic mass is 10.1. The summed E-state index contributed by atoms with van der Waals surface area (Å²) < 4.78 is 0. The summed E-state index contributed by atoms with van der Waals surface area (Å²) in [6.07, 6.45) is 0.817. The number of nitrogens with zero attached hydrogens (tertiary/aromatic N) is 2. The third-order valence-electron chi connectivity index (χ3n) is 2.99. The Morgan fingerprint density at radius 3 is 2.42 bits per heavy atom. The maximum Gasteiger partial charge on any atom is 0.136 e. The molecule has 4 heteroatoms. The average Bonchev–Trinajstić information content (AvgIpc) is 2.41. The van der Waals surface area contributed by atoms with Crippen LogP contribution in [0.1, 0.15) is 23.9 Å². The first kappa shape index (κ1) is 13.3. The van der Waals surface area contributed by atoms with Gasteiger partial charge in [0.2, 0.25) is 0 Å². The molecule has 0 amide bonds. The highest BCUT2D eigenvalue weighted by atomic mass is 15.1. The molecule has 0 saturated heterocycles. The molecule has 1 heterocycles. The van der Waals surface area contributed by atoms with E-state index in [1.165, 1.54) is 11.1 Å². The Hall–Kier alpha value is -2.10. The van der Waals surface area contributed by atoms with Crippen molar-refractivity contribution in [2.24, 2.45) is 0 Å². The van der Waals surface area contributed by atoms with Gasteiger partial charge >= 0.3 is 0 Å². The summed E-state index contributed by atoms with van der Waals surface area (Å²) in [4.78, 5) is 8.88. The molecule has 1 aromatic carbocycles. The van der Waals surface area contributed by atoms with Crippen LogP contribution >= 0.6 is 0 Å². The minimum Gasteiger partial charge on any atom is -0.373 e. The van der Waals surface area contributed by atoms with E-state index in [1.807, 2.05) is 13.1 Å². The van der Waals surface area contributed by atoms with E-state index in [0.29, 0.717) is 0 Å². The minimum atomic E-state index is 0.817. The van der Waals surface area contributed by atoms with E-state index < -0.39 is 0 Å². The van der Waals surface area contributed by atoms with E-state index in [-0.39, 0.29) is 0 Å². The zero-order valence-electron chi connectivity index (χ0n) is 11.9. The van der Waals surface area contributed by atoms with Crippen LogP contribution < -0.4 is 10.6 Å². The predicted molar refractivity (Wildman–Crippen MR) is 80.2 cm³/mol. The normalized spacial score (nSPS) is 10.3. The number of hydrogen-bond acceptors (Lipinski definition) is 4. The van der Waals surface area contributed by atoms with Crippen LogP contribution in [0.25, 0.3) is 0 Å². The molecule has 2 rings (SSSR count). The average molecular weight is 256 g/mol. The van der Waals surface area contributed by atoms with Crippen LogP contribution in [0.3, 0.4) is 0 Å². The van der Waals surface area contributed by atoms with Gasteiger partial charge in [-0.2, -0.15) is 0 Å². The molecule has 2 N–H and O–H groups in total. The fraction of sp³-hybridized carbons (Fsp3) is 0.333. The van der Waals surface area contributed by atoms with Gasteiger partial charge in [0.1, 0.15) is 17.5 Å². The summed E-state index contributed by atoms with van der Waals surface area (Å²) in [5.41, 5.74) is 3.55. The van der Waals surface area contributed by atoms with Crippen molar-refractivity contribution in [1.29, 1.82) is 0 Å². The summed E-state index contributed by atoms with van der Waals surface area (Å²) in [7, 11) is 1.86. The molecule has 0 aliphatic heterocycles. The van der Waals surface area contributed by atoms with E-state index in [0.717, 1.165) is 29.6 Å². The van der Waals surface area contributed by atoms with Gasteiger partial charge in [0.15, 0.2) is 0 Å². The first-order chi connectivity index (χ1) is 9.12. The maximum absolute atomic E-state index is 4.50. The Balaban J connectivity index is 2.31. The molecule has 0 radical (unpaired) electrons. The highest BCUT2D eigenvalue weighted by Gasteiger charge is 2.04. The smallest absolute Gasteiger partial charge is 0.136 e. The quantitative estimate of drug-likeness (QED) is 0.879. The van der Waals surface area contributed by atoms with Crippen LogP contribution in [0.5, 0.6) is 0 Å². The molecular formula is C15H20N4. The molecule has 0 bridgehead atoms. The van der Waals surface area contributed by atoms with Crippen LogP contribution in [0, 0.1) is 13.8 Å². The van der Waals surface area contributed by atoms with Gasteiger partial charge in [0.25, 0.3) is 0 Å². The van der Waals surface area contributed by atoms with Gasteiger partial charge in [0, 0.05) is 25.2 Å². The fourth-order valence-electron chi connectivity index (χ4n) is 1.94. The number of benzene rings is 1. The standard InChI is InChI=1S/C15H20N4/c1-5-13-18-14(16-4)9-15(19-13)17-12-7-6-10(2)8-11(12)3/h6-9H,5H2,1-4H3,(H2,16,17,18,19). The van der Waals surface area contributed by atoms with E-state index in [4.69, 9.17) is 0 Å². The van der Waals surface area contributed by atoms with Crippen molar-refractivity contribution in [1.82, 2.24) is 9.97 Å². The number of aromatic nitrogens is 2. The Bertz CT molecular complexity index is 556. The second-order valence-corrected chi connectivity index (χ2v) is 4.60. The molecule has 0 fully saturated rings. The number of rotatable bonds is 4. The van der Waals surface area contributed by atoms with Crippen molar-refractivity contribution >= 4 is 17.3 Å². The number of hydrogen-bond donors (Lipinski definition) is 2. The summed E-state index contributed by atoms with van der Waals surface area (Å²) in [5.74, 6) is 2.49. The summed E-state index contributed by atoms with van der Waals surface area (Å²) in [6, 6.07) is 8.25. The zero-order chi connectivity index (χ0) is 13.8. The van der Waals surface area contributed by atoms with Crippen LogP contribution in [0.4, 0.5) is 17.3 Å². The molecule has 0 spiro atoms. The number of aryl methyl sites for hydroxylation is 3. The van der Waals surface area contributed by atoms with Crippen molar-refractivity contribution in [2.45, 2.75) is 27.2 Å². The minimum absolute atomic E-state index is 0.817. The Morgan fingerprint density at radius 1 is 1.05 bits per heavy atom. The van der Waals surface area contributed by atoms with Gasteiger partial charge in [-0.25, -0.2) is 9.97 Å². The SMILES string of the molecule is CCc1nc(NC)cc(Nc2ccc(C)cc2C)n1. The summed E-state index contributed by atoms with van der Waals surface area (Å²) in [6.45, 7) is 6.24. The second-order valence-electron chi connectivity index (χ2n) is 4.60. The first-order valence-corrected chi connectivity index (χ1v) is 6.52. The van der Waals surface area contributed by atoms with Crippen molar-refractivity contribution in [3.05, 3.63) is 41.2 Å². The van der Waals surface area contributed by atoms with Crippen molar-refractivity contribution in [3.63, 3.8) is 0 Å². The van der Waals surface area contributed by atoms with E-state index >= 15 is 0 Å². The van der Waals surface area contributed by atoms with Gasteiger partial charge in [-0.1, -0.05) is 24.6 Å². The predicted octanol–water partition coefficient (Wildman–Crippen LogP) is 3.44. The Morgan fingerprint density at radius 2 is 1.79 bits per heavy atom. The van der Waals surface area contributed by atoms with E-state index in [2.05, 4.69) is 59.6 Å². The van der Waals surface area contributed by atoms with E-state index in [1.54, 1.807) is 0 Å². The molecule has 19 heavy (non-hydrogen) atoms. The van der Waals surface area contributed by atoms with Crippen molar-refractivity contribution < 1.29 is 0 Å². The molecule has 0 atom stereocenters. The molecule has 0 saturated carbocycles. The molecule has 4 nitrogen and oxygen atoms in total. The lowest BCUT2D eigenvalue weighted by Crippen LogP contribution is -2.03. The van der Waals surface area contributed by atoms with Gasteiger partial charge in [-0.05, 0) is 25.5 Å². The Kier molecular flexibility index (Phi) is 4.00. The first-order valence-electron chi connectivity index (χ1n) is 6.52. The molecule has 2 aromatic rings. The maximum atomic E-state index is 4.50. The van der Waals surface area contributed by atoms with Gasteiger partial charge < -0.3 is 10.6 Å². The molecule has 0 aliphatic carbocycles. The van der Waals surface area contributed by atoms with Crippen LogP contribution in [-0.4, -0.2) is 17.0 Å². The third kappa shape index (κ3) is 3.22. The largest absolute Gasteiger partial charge is 0.373 e. The number of nitrogens with one attached hydrogen (secondary N) is 2. The number of anilines is 3. The van der Waals surface area contributed by atoms with Gasteiger partial charge in [0.05, 0.1) is 0 Å². The van der Waals surface area contributed by atoms with E-state index in [9.17, 15) is 0 Å². The lowest BCUT2D eigenvalue weighted by molar-refractivity contribution is 0.944. The highest BCUT2D eigenvalue weighted by Crippen LogP contribution is 2.21. The summed E-state index contributed by atoms with van der Waals surface area (Å²) in [5, 5.41) is 6.42. The topological polar surface area (TPSA) is 49.8 Å². The monoisotopic (exact) mass is 256 g/mol. The van der Waals surface area contributed by atoms with Crippen LogP contribution in [0.2, 0.25) is 0 Å². The molecule has 0 unspecified atom stereocenters. The van der Waals surface area contributed by atoms with Crippen LogP contribution in [0.15, 0.2) is 24.3 Å². The fourth-order valence-corrected chi connectivity index (χ4v) is 1.94. The highest BCUT2D eigenvalue weighted by molar-refractivity contribution is 5.62. The van der Waals surface area contributed by atoms with Gasteiger partial charge in [-0.3, -0.25) is 0 Å². The zero-order valence-corrected chi connectivity index (χ0v) is 11.9. The Labute approximate surface area is 114 Å². The van der Waals surface area contributed by atoms with Crippen molar-refractivity contribution in [2.75, 3.05) is 17.7 Å². The summed E-state index contributed by atoms with van der Waals surface area (Å²) >= 11 is 0.